The molecule has 0 aromatic heterocycles. The van der Waals surface area contributed by atoms with Gasteiger partial charge in [-0.2, -0.15) is 0 Å². The lowest BCUT2D eigenvalue weighted by molar-refractivity contribution is -0.137. The summed E-state index contributed by atoms with van der Waals surface area (Å²) in [6.07, 6.45) is 0.399. The van der Waals surface area contributed by atoms with Crippen LogP contribution in [0.1, 0.15) is 31.7 Å². The largest absolute Gasteiger partial charge is 0.481 e. The second-order valence-corrected chi connectivity index (χ2v) is 8.19. The zero-order valence-corrected chi connectivity index (χ0v) is 18.6. The summed E-state index contributed by atoms with van der Waals surface area (Å²) in [5.41, 5.74) is 2.95. The predicted octanol–water partition coefficient (Wildman–Crippen LogP) is 3.36. The zero-order chi connectivity index (χ0) is 24.0. The number of para-hydroxylation sites is 1. The van der Waals surface area contributed by atoms with Crippen molar-refractivity contribution in [2.24, 2.45) is 5.92 Å². The van der Waals surface area contributed by atoms with Crippen molar-refractivity contribution >= 4 is 40.9 Å². The first-order valence-electron chi connectivity index (χ1n) is 10.8. The number of anilines is 3. The Balaban J connectivity index is 1.53. The van der Waals surface area contributed by atoms with Gasteiger partial charge in [0.25, 0.3) is 0 Å². The molecule has 4 amide bonds. The minimum absolute atomic E-state index is 0.0258. The molecule has 33 heavy (non-hydrogen) atoms. The van der Waals surface area contributed by atoms with Gasteiger partial charge in [-0.05, 0) is 56.2 Å². The van der Waals surface area contributed by atoms with Crippen LogP contribution in [0.3, 0.4) is 0 Å². The van der Waals surface area contributed by atoms with Crippen LogP contribution in [0.25, 0.3) is 0 Å². The van der Waals surface area contributed by atoms with Gasteiger partial charge in [-0.3, -0.25) is 14.4 Å². The van der Waals surface area contributed by atoms with Gasteiger partial charge >= 0.3 is 12.0 Å². The molecule has 2 aromatic carbocycles. The van der Waals surface area contributed by atoms with E-state index in [-0.39, 0.29) is 30.7 Å². The van der Waals surface area contributed by atoms with Gasteiger partial charge in [-0.1, -0.05) is 18.2 Å². The summed E-state index contributed by atoms with van der Waals surface area (Å²) < 4.78 is 0. The summed E-state index contributed by atoms with van der Waals surface area (Å²) in [6.45, 7) is 4.01. The Kier molecular flexibility index (Phi) is 7.66. The van der Waals surface area contributed by atoms with Crippen LogP contribution in [-0.4, -0.2) is 41.5 Å². The van der Waals surface area contributed by atoms with Crippen LogP contribution < -0.4 is 20.9 Å². The number of carboxylic acid groups (broad SMARTS) is 1. The van der Waals surface area contributed by atoms with E-state index in [1.54, 1.807) is 36.1 Å². The minimum Gasteiger partial charge on any atom is -0.481 e. The maximum absolute atomic E-state index is 12.8. The molecule has 0 aliphatic carbocycles. The summed E-state index contributed by atoms with van der Waals surface area (Å²) in [5.74, 6) is -1.91. The van der Waals surface area contributed by atoms with Gasteiger partial charge < -0.3 is 26.0 Å². The van der Waals surface area contributed by atoms with Crippen LogP contribution in [0.4, 0.5) is 21.9 Å². The number of nitrogens with zero attached hydrogens (tertiary/aromatic N) is 1. The highest BCUT2D eigenvalue weighted by Crippen LogP contribution is 2.28. The molecule has 4 N–H and O–H groups in total. The van der Waals surface area contributed by atoms with E-state index in [4.69, 9.17) is 5.11 Å². The molecule has 1 heterocycles. The monoisotopic (exact) mass is 452 g/mol. The number of benzene rings is 2. The van der Waals surface area contributed by atoms with Crippen molar-refractivity contribution in [2.75, 3.05) is 22.1 Å². The third kappa shape index (κ3) is 6.55. The van der Waals surface area contributed by atoms with E-state index >= 15 is 0 Å². The molecule has 174 valence electrons. The average Bonchev–Trinajstić information content (AvgIpc) is 3.09. The van der Waals surface area contributed by atoms with Crippen LogP contribution in [-0.2, 0) is 14.4 Å². The normalized spacial score (nSPS) is 16.2. The van der Waals surface area contributed by atoms with Crippen molar-refractivity contribution in [2.45, 2.75) is 39.2 Å². The Labute approximate surface area is 192 Å². The molecule has 1 saturated heterocycles. The Morgan fingerprint density at radius 1 is 1.09 bits per heavy atom. The van der Waals surface area contributed by atoms with Gasteiger partial charge in [0, 0.05) is 42.0 Å². The van der Waals surface area contributed by atoms with Crippen molar-refractivity contribution in [1.82, 2.24) is 5.32 Å². The number of carbonyl (C=O) groups is 4. The molecule has 1 fully saturated rings. The number of aryl methyl sites for hydroxylation is 1. The molecule has 2 aromatic rings. The topological polar surface area (TPSA) is 128 Å². The molecule has 9 nitrogen and oxygen atoms in total. The molecule has 1 aliphatic heterocycles. The fraction of sp³-hybridized carbons (Fsp3) is 0.333. The number of carboxylic acids is 1. The van der Waals surface area contributed by atoms with Crippen molar-refractivity contribution in [3.8, 4) is 0 Å². The van der Waals surface area contributed by atoms with E-state index in [9.17, 15) is 19.2 Å². The smallest absolute Gasteiger partial charge is 0.323 e. The molecular weight excluding hydrogens is 424 g/mol. The van der Waals surface area contributed by atoms with E-state index in [1.165, 1.54) is 0 Å². The first-order chi connectivity index (χ1) is 15.7. The zero-order valence-electron chi connectivity index (χ0n) is 18.6. The lowest BCUT2D eigenvalue weighted by atomic mass is 10.0. The number of amides is 4. The lowest BCUT2D eigenvalue weighted by Gasteiger charge is -2.18. The summed E-state index contributed by atoms with van der Waals surface area (Å²) in [6, 6.07) is 13.5. The molecule has 0 saturated carbocycles. The van der Waals surface area contributed by atoms with Crippen LogP contribution in [0.5, 0.6) is 0 Å². The summed E-state index contributed by atoms with van der Waals surface area (Å²) in [5, 5.41) is 17.0. The Bertz CT molecular complexity index is 1040. The molecule has 0 bridgehead atoms. The third-order valence-corrected chi connectivity index (χ3v) is 5.47. The maximum atomic E-state index is 12.8. The number of carbonyl (C=O) groups excluding carboxylic acids is 3. The molecule has 2 unspecified atom stereocenters. The molecule has 1 aliphatic rings. The van der Waals surface area contributed by atoms with E-state index in [0.29, 0.717) is 24.3 Å². The fourth-order valence-electron chi connectivity index (χ4n) is 3.78. The summed E-state index contributed by atoms with van der Waals surface area (Å²) >= 11 is 0. The Morgan fingerprint density at radius 3 is 2.45 bits per heavy atom. The third-order valence-electron chi connectivity index (χ3n) is 5.47. The number of aliphatic carboxylic acids is 1. The molecule has 0 spiro atoms. The second-order valence-electron chi connectivity index (χ2n) is 8.19. The highest BCUT2D eigenvalue weighted by atomic mass is 16.4. The predicted molar refractivity (Wildman–Crippen MR) is 125 cm³/mol. The standard InChI is InChI=1S/C24H28N4O5/c1-15-5-3-4-6-20(15)27-24(33)26-18-7-9-19(10-8-18)28-12-11-17(23(28)32)14-21(29)25-16(2)13-22(30)31/h3-10,16-17H,11-14H2,1-2H3,(H,25,29)(H,30,31)(H2,26,27,33). The van der Waals surface area contributed by atoms with Gasteiger partial charge in [-0.15, -0.1) is 0 Å². The first kappa shape index (κ1) is 23.8. The Hall–Kier alpha value is -3.88. The number of hydrogen-bond acceptors (Lipinski definition) is 4. The summed E-state index contributed by atoms with van der Waals surface area (Å²) in [4.78, 5) is 49.5. The maximum Gasteiger partial charge on any atom is 0.323 e. The van der Waals surface area contributed by atoms with Gasteiger partial charge in [0.15, 0.2) is 0 Å². The number of rotatable bonds is 8. The van der Waals surface area contributed by atoms with E-state index < -0.39 is 17.9 Å². The number of urea groups is 1. The minimum atomic E-state index is -0.989. The van der Waals surface area contributed by atoms with Crippen LogP contribution in [0.15, 0.2) is 48.5 Å². The highest BCUT2D eigenvalue weighted by molar-refractivity contribution is 6.01. The summed E-state index contributed by atoms with van der Waals surface area (Å²) in [7, 11) is 0. The van der Waals surface area contributed by atoms with E-state index in [0.717, 1.165) is 11.3 Å². The van der Waals surface area contributed by atoms with Crippen molar-refractivity contribution in [3.05, 3.63) is 54.1 Å². The van der Waals surface area contributed by atoms with Gasteiger partial charge in [0.2, 0.25) is 11.8 Å². The average molecular weight is 453 g/mol. The van der Waals surface area contributed by atoms with E-state index in [2.05, 4.69) is 16.0 Å². The SMILES string of the molecule is Cc1ccccc1NC(=O)Nc1ccc(N2CCC(CC(=O)NC(C)CC(=O)O)C2=O)cc1. The number of nitrogens with one attached hydrogen (secondary N) is 3. The van der Waals surface area contributed by atoms with Crippen molar-refractivity contribution < 1.29 is 24.3 Å². The van der Waals surface area contributed by atoms with E-state index in [1.807, 2.05) is 31.2 Å². The van der Waals surface area contributed by atoms with Crippen LogP contribution in [0, 0.1) is 12.8 Å². The van der Waals surface area contributed by atoms with Crippen LogP contribution in [0.2, 0.25) is 0 Å². The second kappa shape index (κ2) is 10.6. The number of hydrogen-bond donors (Lipinski definition) is 4. The molecule has 9 heteroatoms. The molecule has 2 atom stereocenters. The van der Waals surface area contributed by atoms with Crippen molar-refractivity contribution in [1.29, 1.82) is 0 Å². The van der Waals surface area contributed by atoms with Crippen molar-refractivity contribution in [3.63, 3.8) is 0 Å². The Morgan fingerprint density at radius 2 is 1.79 bits per heavy atom. The van der Waals surface area contributed by atoms with Crippen LogP contribution >= 0.6 is 0 Å². The van der Waals surface area contributed by atoms with Gasteiger partial charge in [-0.25, -0.2) is 4.79 Å². The molecular formula is C24H28N4O5. The van der Waals surface area contributed by atoms with Gasteiger partial charge in [0.1, 0.15) is 0 Å². The van der Waals surface area contributed by atoms with Gasteiger partial charge in [0.05, 0.1) is 6.42 Å². The first-order valence-corrected chi connectivity index (χ1v) is 10.8. The fourth-order valence-corrected chi connectivity index (χ4v) is 3.78. The lowest BCUT2D eigenvalue weighted by Crippen LogP contribution is -2.36. The highest BCUT2D eigenvalue weighted by Gasteiger charge is 2.34. The molecule has 0 radical (unpaired) electrons. The molecule has 3 rings (SSSR count). The quantitative estimate of drug-likeness (QED) is 0.488.